The van der Waals surface area contributed by atoms with Gasteiger partial charge in [-0.3, -0.25) is 0 Å². The van der Waals surface area contributed by atoms with Crippen LogP contribution < -0.4 is 15.4 Å². The first-order valence-corrected chi connectivity index (χ1v) is 9.43. The number of aryl methyl sites for hydroxylation is 1. The Morgan fingerprint density at radius 2 is 1.93 bits per heavy atom. The van der Waals surface area contributed by atoms with Crippen LogP contribution in [0.5, 0.6) is 5.75 Å². The van der Waals surface area contributed by atoms with Gasteiger partial charge in [0.15, 0.2) is 0 Å². The van der Waals surface area contributed by atoms with E-state index < -0.39 is 0 Å². The summed E-state index contributed by atoms with van der Waals surface area (Å²) < 4.78 is 7.63. The molecule has 2 aromatic carbocycles. The van der Waals surface area contributed by atoms with Gasteiger partial charge in [-0.25, -0.2) is 14.5 Å². The van der Waals surface area contributed by atoms with Crippen molar-refractivity contribution in [2.45, 2.75) is 38.6 Å². The second kappa shape index (κ2) is 8.56. The molecular formula is C21H23N5O2. The van der Waals surface area contributed by atoms with Crippen LogP contribution in [-0.4, -0.2) is 26.8 Å². The van der Waals surface area contributed by atoms with E-state index in [-0.39, 0.29) is 12.1 Å². The summed E-state index contributed by atoms with van der Waals surface area (Å²) in [5.74, 6) is 1.79. The van der Waals surface area contributed by atoms with Gasteiger partial charge in [-0.15, -0.1) is 0 Å². The quantitative estimate of drug-likeness (QED) is 0.692. The van der Waals surface area contributed by atoms with Crippen LogP contribution in [0.3, 0.4) is 0 Å². The Labute approximate surface area is 163 Å². The first kappa shape index (κ1) is 18.0. The molecule has 0 aliphatic carbocycles. The number of fused-ring (bicyclic) bond motifs is 1. The Balaban J connectivity index is 1.21. The summed E-state index contributed by atoms with van der Waals surface area (Å²) in [4.78, 5) is 16.4. The van der Waals surface area contributed by atoms with E-state index in [4.69, 9.17) is 4.74 Å². The third kappa shape index (κ3) is 4.68. The van der Waals surface area contributed by atoms with Crippen LogP contribution in [-0.2, 0) is 26.1 Å². The molecule has 0 fully saturated rings. The zero-order chi connectivity index (χ0) is 19.2. The van der Waals surface area contributed by atoms with Crippen molar-refractivity contribution >= 4 is 6.03 Å². The first-order valence-electron chi connectivity index (χ1n) is 9.43. The lowest BCUT2D eigenvalue weighted by Crippen LogP contribution is -2.45. The second-order valence-electron chi connectivity index (χ2n) is 6.84. The largest absolute Gasteiger partial charge is 0.489 e. The molecule has 2 N–H and O–H groups in total. The van der Waals surface area contributed by atoms with Crippen LogP contribution >= 0.6 is 0 Å². The van der Waals surface area contributed by atoms with Gasteiger partial charge in [0.25, 0.3) is 0 Å². The van der Waals surface area contributed by atoms with Gasteiger partial charge in [-0.2, -0.15) is 5.10 Å². The van der Waals surface area contributed by atoms with Crippen molar-refractivity contribution in [2.75, 3.05) is 0 Å². The minimum atomic E-state index is -0.169. The summed E-state index contributed by atoms with van der Waals surface area (Å²) in [5.41, 5.74) is 2.15. The van der Waals surface area contributed by atoms with Crippen molar-refractivity contribution in [2.24, 2.45) is 0 Å². The van der Waals surface area contributed by atoms with E-state index in [9.17, 15) is 4.79 Å². The van der Waals surface area contributed by atoms with E-state index in [1.165, 1.54) is 0 Å². The van der Waals surface area contributed by atoms with Gasteiger partial charge >= 0.3 is 6.03 Å². The average Bonchev–Trinajstić information content (AvgIpc) is 3.20. The highest BCUT2D eigenvalue weighted by Gasteiger charge is 2.21. The predicted molar refractivity (Wildman–Crippen MR) is 105 cm³/mol. The zero-order valence-electron chi connectivity index (χ0n) is 15.5. The maximum atomic E-state index is 12.2. The maximum absolute atomic E-state index is 12.2. The standard InChI is InChI=1S/C21H23N5O2/c27-21(25-18-8-11-20-23-15-24-26(20)13-18)22-12-16-6-9-19(10-7-16)28-14-17-4-2-1-3-5-17/h1-7,9-10,15,18H,8,11-14H2,(H2,22,25,27). The van der Waals surface area contributed by atoms with Crippen LogP contribution in [0.1, 0.15) is 23.4 Å². The van der Waals surface area contributed by atoms with Crippen molar-refractivity contribution in [1.29, 1.82) is 0 Å². The zero-order valence-corrected chi connectivity index (χ0v) is 15.5. The van der Waals surface area contributed by atoms with Crippen LogP contribution in [0.25, 0.3) is 0 Å². The highest BCUT2D eigenvalue weighted by Crippen LogP contribution is 2.14. The summed E-state index contributed by atoms with van der Waals surface area (Å²) >= 11 is 0. The molecule has 144 valence electrons. The van der Waals surface area contributed by atoms with Gasteiger partial charge in [0, 0.05) is 13.0 Å². The van der Waals surface area contributed by atoms with E-state index in [0.717, 1.165) is 35.5 Å². The molecular weight excluding hydrogens is 354 g/mol. The van der Waals surface area contributed by atoms with Gasteiger partial charge < -0.3 is 15.4 Å². The number of urea groups is 1. The van der Waals surface area contributed by atoms with Gasteiger partial charge in [-0.05, 0) is 29.7 Å². The molecule has 0 spiro atoms. The number of nitrogens with one attached hydrogen (secondary N) is 2. The fourth-order valence-electron chi connectivity index (χ4n) is 3.22. The van der Waals surface area contributed by atoms with Crippen LogP contribution in [0, 0.1) is 0 Å². The fraction of sp³-hybridized carbons (Fsp3) is 0.286. The molecule has 3 aromatic rings. The van der Waals surface area contributed by atoms with Crippen molar-refractivity contribution in [3.8, 4) is 5.75 Å². The number of hydrogen-bond acceptors (Lipinski definition) is 4. The van der Waals surface area contributed by atoms with E-state index in [0.29, 0.717) is 19.7 Å². The molecule has 1 aromatic heterocycles. The molecule has 0 bridgehead atoms. The summed E-state index contributed by atoms with van der Waals surface area (Å²) in [6, 6.07) is 17.7. The SMILES string of the molecule is O=C(NCc1ccc(OCc2ccccc2)cc1)NC1CCc2ncnn2C1. The number of rotatable bonds is 6. The highest BCUT2D eigenvalue weighted by atomic mass is 16.5. The lowest BCUT2D eigenvalue weighted by atomic mass is 10.1. The number of ether oxygens (including phenoxy) is 1. The summed E-state index contributed by atoms with van der Waals surface area (Å²) in [7, 11) is 0. The van der Waals surface area contributed by atoms with E-state index >= 15 is 0 Å². The van der Waals surface area contributed by atoms with Crippen LogP contribution in [0.4, 0.5) is 4.79 Å². The lowest BCUT2D eigenvalue weighted by Gasteiger charge is -2.23. The molecule has 2 heterocycles. The maximum Gasteiger partial charge on any atom is 0.315 e. The first-order chi connectivity index (χ1) is 13.8. The van der Waals surface area contributed by atoms with Gasteiger partial charge in [-0.1, -0.05) is 42.5 Å². The number of nitrogens with zero attached hydrogens (tertiary/aromatic N) is 3. The Bertz CT molecular complexity index is 908. The monoisotopic (exact) mass is 377 g/mol. The normalized spacial score (nSPS) is 15.5. The third-order valence-corrected chi connectivity index (χ3v) is 4.77. The topological polar surface area (TPSA) is 81.1 Å². The lowest BCUT2D eigenvalue weighted by molar-refractivity contribution is 0.231. The number of aromatic nitrogens is 3. The molecule has 0 saturated carbocycles. The molecule has 1 unspecified atom stereocenters. The highest BCUT2D eigenvalue weighted by molar-refractivity contribution is 5.74. The van der Waals surface area contributed by atoms with Crippen molar-refractivity contribution in [3.05, 3.63) is 77.9 Å². The van der Waals surface area contributed by atoms with Crippen molar-refractivity contribution in [3.63, 3.8) is 0 Å². The second-order valence-corrected chi connectivity index (χ2v) is 6.84. The Morgan fingerprint density at radius 3 is 2.75 bits per heavy atom. The number of hydrogen-bond donors (Lipinski definition) is 2. The Kier molecular flexibility index (Phi) is 5.51. The molecule has 1 aliphatic rings. The Hall–Kier alpha value is -3.35. The molecule has 1 atom stereocenters. The molecule has 2 amide bonds. The predicted octanol–water partition coefficient (Wildman–Crippen LogP) is 2.67. The molecule has 4 rings (SSSR count). The smallest absolute Gasteiger partial charge is 0.315 e. The summed E-state index contributed by atoms with van der Waals surface area (Å²) in [5, 5.41) is 10.1. The molecule has 0 saturated heterocycles. The number of carbonyl (C=O) groups is 1. The summed E-state index contributed by atoms with van der Waals surface area (Å²) in [6.45, 7) is 1.66. The van der Waals surface area contributed by atoms with E-state index in [1.807, 2.05) is 59.3 Å². The summed E-state index contributed by atoms with van der Waals surface area (Å²) in [6.07, 6.45) is 3.26. The van der Waals surface area contributed by atoms with Crippen molar-refractivity contribution in [1.82, 2.24) is 25.4 Å². The minimum Gasteiger partial charge on any atom is -0.489 e. The van der Waals surface area contributed by atoms with E-state index in [2.05, 4.69) is 20.7 Å². The fourth-order valence-corrected chi connectivity index (χ4v) is 3.22. The minimum absolute atomic E-state index is 0.0722. The molecule has 0 radical (unpaired) electrons. The van der Waals surface area contributed by atoms with Crippen LogP contribution in [0.2, 0.25) is 0 Å². The third-order valence-electron chi connectivity index (χ3n) is 4.77. The van der Waals surface area contributed by atoms with Crippen molar-refractivity contribution < 1.29 is 9.53 Å². The number of amides is 2. The van der Waals surface area contributed by atoms with Crippen LogP contribution in [0.15, 0.2) is 60.9 Å². The number of benzene rings is 2. The molecule has 1 aliphatic heterocycles. The molecule has 28 heavy (non-hydrogen) atoms. The average molecular weight is 377 g/mol. The van der Waals surface area contributed by atoms with E-state index in [1.54, 1.807) is 6.33 Å². The molecule has 7 nitrogen and oxygen atoms in total. The van der Waals surface area contributed by atoms with Gasteiger partial charge in [0.2, 0.25) is 0 Å². The van der Waals surface area contributed by atoms with Gasteiger partial charge in [0.05, 0.1) is 12.6 Å². The van der Waals surface area contributed by atoms with Gasteiger partial charge in [0.1, 0.15) is 24.5 Å². The number of carbonyl (C=O) groups excluding carboxylic acids is 1. The molecule has 7 heteroatoms. The Morgan fingerprint density at radius 1 is 1.11 bits per heavy atom.